The highest BCUT2D eigenvalue weighted by molar-refractivity contribution is 7.99. The summed E-state index contributed by atoms with van der Waals surface area (Å²) in [5.74, 6) is 1.51. The highest BCUT2D eigenvalue weighted by Crippen LogP contribution is 2.32. The molecule has 0 unspecified atom stereocenters. The van der Waals surface area contributed by atoms with Gasteiger partial charge in [0.2, 0.25) is 17.9 Å². The molecule has 36 heavy (non-hydrogen) atoms. The molecule has 9 heteroatoms. The topological polar surface area (TPSA) is 90.6 Å². The molecule has 178 valence electrons. The summed E-state index contributed by atoms with van der Waals surface area (Å²) < 4.78 is 12.4. The van der Waals surface area contributed by atoms with Crippen LogP contribution in [0.2, 0.25) is 0 Å². The second kappa shape index (κ2) is 9.71. The van der Waals surface area contributed by atoms with E-state index in [1.807, 2.05) is 48.5 Å². The Morgan fingerprint density at radius 3 is 2.50 bits per heavy atom. The molecule has 6 rings (SSSR count). The molecule has 3 heterocycles. The molecule has 0 spiro atoms. The van der Waals surface area contributed by atoms with Gasteiger partial charge in [0.25, 0.3) is 0 Å². The zero-order chi connectivity index (χ0) is 24.3. The van der Waals surface area contributed by atoms with Crippen LogP contribution in [0.4, 0.5) is 0 Å². The minimum Gasteiger partial charge on any atom is -0.454 e. The van der Waals surface area contributed by atoms with Crippen molar-refractivity contribution in [3.63, 3.8) is 0 Å². The van der Waals surface area contributed by atoms with Gasteiger partial charge in [0, 0.05) is 12.1 Å². The standard InChI is InChI=1S/C27H21N5O3S/c33-26(28-15-18-6-12-23-24(14-18)35-17-34-23)16-36-27-30-29-25-13-11-22(31-32(25)27)21-9-7-20(8-10-21)19-4-2-1-3-5-19/h1-14H,15-17H2,(H,28,33). The molecule has 0 aliphatic carbocycles. The first-order valence-electron chi connectivity index (χ1n) is 11.4. The number of rotatable bonds is 7. The number of benzene rings is 3. The highest BCUT2D eigenvalue weighted by atomic mass is 32.2. The van der Waals surface area contributed by atoms with Crippen LogP contribution in [-0.4, -0.2) is 38.3 Å². The third kappa shape index (κ3) is 4.60. The molecule has 1 N–H and O–H groups in total. The lowest BCUT2D eigenvalue weighted by Crippen LogP contribution is -2.24. The molecule has 1 aliphatic heterocycles. The number of ether oxygens (including phenoxy) is 2. The molecule has 8 nitrogen and oxygen atoms in total. The number of hydrogen-bond donors (Lipinski definition) is 1. The van der Waals surface area contributed by atoms with E-state index >= 15 is 0 Å². The van der Waals surface area contributed by atoms with E-state index in [4.69, 9.17) is 14.6 Å². The van der Waals surface area contributed by atoms with E-state index in [9.17, 15) is 4.79 Å². The lowest BCUT2D eigenvalue weighted by molar-refractivity contribution is -0.118. The van der Waals surface area contributed by atoms with E-state index in [2.05, 4.69) is 51.9 Å². The average molecular weight is 496 g/mol. The quantitative estimate of drug-likeness (QED) is 0.330. The minimum absolute atomic E-state index is 0.109. The van der Waals surface area contributed by atoms with Gasteiger partial charge in [-0.25, -0.2) is 0 Å². The minimum atomic E-state index is -0.109. The van der Waals surface area contributed by atoms with Gasteiger partial charge in [0.1, 0.15) is 0 Å². The summed E-state index contributed by atoms with van der Waals surface area (Å²) >= 11 is 1.29. The third-order valence-corrected chi connectivity index (χ3v) is 6.70. The molecule has 0 radical (unpaired) electrons. The first kappa shape index (κ1) is 22.1. The number of carbonyl (C=O) groups excluding carboxylic acids is 1. The number of nitrogens with one attached hydrogen (secondary N) is 1. The summed E-state index contributed by atoms with van der Waals surface area (Å²) in [5.41, 5.74) is 5.67. The van der Waals surface area contributed by atoms with Gasteiger partial charge in [-0.2, -0.15) is 9.61 Å². The number of aromatic nitrogens is 4. The molecular formula is C27H21N5O3S. The Morgan fingerprint density at radius 2 is 1.64 bits per heavy atom. The van der Waals surface area contributed by atoms with Gasteiger partial charge in [0.15, 0.2) is 17.1 Å². The monoisotopic (exact) mass is 495 g/mol. The first-order chi connectivity index (χ1) is 17.7. The Labute approximate surface area is 211 Å². The maximum atomic E-state index is 12.5. The lowest BCUT2D eigenvalue weighted by atomic mass is 10.0. The fraction of sp³-hybridized carbons (Fsp3) is 0.111. The third-order valence-electron chi connectivity index (χ3n) is 5.78. The van der Waals surface area contributed by atoms with Crippen molar-refractivity contribution in [2.24, 2.45) is 0 Å². The van der Waals surface area contributed by atoms with Gasteiger partial charge in [-0.1, -0.05) is 72.4 Å². The Morgan fingerprint density at radius 1 is 0.861 bits per heavy atom. The number of nitrogens with zero attached hydrogens (tertiary/aromatic N) is 4. The molecule has 1 amide bonds. The van der Waals surface area contributed by atoms with Gasteiger partial charge in [-0.05, 0) is 41.0 Å². The SMILES string of the molecule is O=C(CSc1nnc2ccc(-c3ccc(-c4ccccc4)cc3)nn12)NCc1ccc2c(c1)OCO2. The van der Waals surface area contributed by atoms with Gasteiger partial charge in [-0.3, -0.25) is 4.79 Å². The van der Waals surface area contributed by atoms with Gasteiger partial charge in [0.05, 0.1) is 11.4 Å². The van der Waals surface area contributed by atoms with Crippen molar-refractivity contribution in [1.29, 1.82) is 0 Å². The lowest BCUT2D eigenvalue weighted by Gasteiger charge is -2.07. The second-order valence-electron chi connectivity index (χ2n) is 8.17. The van der Waals surface area contributed by atoms with E-state index in [1.54, 1.807) is 4.52 Å². The largest absolute Gasteiger partial charge is 0.454 e. The molecule has 5 aromatic rings. The number of amides is 1. The predicted octanol–water partition coefficient (Wildman–Crippen LogP) is 4.60. The maximum absolute atomic E-state index is 12.5. The molecular weight excluding hydrogens is 474 g/mol. The molecule has 0 saturated heterocycles. The highest BCUT2D eigenvalue weighted by Gasteiger charge is 2.15. The summed E-state index contributed by atoms with van der Waals surface area (Å²) in [6.45, 7) is 0.626. The van der Waals surface area contributed by atoms with E-state index in [0.29, 0.717) is 23.1 Å². The van der Waals surface area contributed by atoms with Crippen LogP contribution < -0.4 is 14.8 Å². The molecule has 0 bridgehead atoms. The molecule has 1 aliphatic rings. The number of hydrogen-bond acceptors (Lipinski definition) is 7. The Kier molecular flexibility index (Phi) is 5.96. The summed E-state index contributed by atoms with van der Waals surface area (Å²) in [5, 5.41) is 16.6. The van der Waals surface area contributed by atoms with Crippen molar-refractivity contribution in [3.05, 3.63) is 90.5 Å². The van der Waals surface area contributed by atoms with Crippen LogP contribution in [0.3, 0.4) is 0 Å². The van der Waals surface area contributed by atoms with Crippen LogP contribution in [0.5, 0.6) is 11.5 Å². The molecule has 2 aromatic heterocycles. The van der Waals surface area contributed by atoms with Crippen molar-refractivity contribution in [1.82, 2.24) is 25.1 Å². The van der Waals surface area contributed by atoms with Gasteiger partial charge in [-0.15, -0.1) is 10.2 Å². The van der Waals surface area contributed by atoms with Crippen LogP contribution in [0.25, 0.3) is 28.0 Å². The Hall–Kier alpha value is -4.37. The average Bonchev–Trinajstić information content (AvgIpc) is 3.57. The Bertz CT molecular complexity index is 1540. The number of fused-ring (bicyclic) bond motifs is 2. The predicted molar refractivity (Wildman–Crippen MR) is 137 cm³/mol. The summed E-state index contributed by atoms with van der Waals surface area (Å²) in [6.07, 6.45) is 0. The summed E-state index contributed by atoms with van der Waals surface area (Å²) in [7, 11) is 0. The summed E-state index contributed by atoms with van der Waals surface area (Å²) in [4.78, 5) is 12.5. The summed E-state index contributed by atoms with van der Waals surface area (Å²) in [6, 6.07) is 28.0. The molecule has 0 atom stereocenters. The molecule has 0 saturated carbocycles. The number of thioether (sulfide) groups is 1. The van der Waals surface area contributed by atoms with Gasteiger partial charge < -0.3 is 14.8 Å². The molecule has 0 fully saturated rings. The fourth-order valence-corrected chi connectivity index (χ4v) is 4.63. The van der Waals surface area contributed by atoms with Crippen LogP contribution in [0.1, 0.15) is 5.56 Å². The van der Waals surface area contributed by atoms with E-state index in [0.717, 1.165) is 28.1 Å². The zero-order valence-electron chi connectivity index (χ0n) is 19.1. The van der Waals surface area contributed by atoms with Crippen molar-refractivity contribution in [2.45, 2.75) is 11.7 Å². The van der Waals surface area contributed by atoms with Crippen LogP contribution >= 0.6 is 11.8 Å². The van der Waals surface area contributed by atoms with Crippen LogP contribution in [-0.2, 0) is 11.3 Å². The van der Waals surface area contributed by atoms with Crippen molar-refractivity contribution in [3.8, 4) is 33.9 Å². The first-order valence-corrected chi connectivity index (χ1v) is 12.4. The smallest absolute Gasteiger partial charge is 0.231 e. The number of carbonyl (C=O) groups is 1. The zero-order valence-corrected chi connectivity index (χ0v) is 19.9. The second-order valence-corrected chi connectivity index (χ2v) is 9.11. The molecule has 3 aromatic carbocycles. The van der Waals surface area contributed by atoms with Crippen LogP contribution in [0.15, 0.2) is 90.1 Å². The van der Waals surface area contributed by atoms with E-state index < -0.39 is 0 Å². The van der Waals surface area contributed by atoms with E-state index in [-0.39, 0.29) is 18.5 Å². The van der Waals surface area contributed by atoms with E-state index in [1.165, 1.54) is 17.3 Å². The van der Waals surface area contributed by atoms with Crippen molar-refractivity contribution >= 4 is 23.3 Å². The Balaban J connectivity index is 1.11. The van der Waals surface area contributed by atoms with Crippen LogP contribution in [0, 0.1) is 0 Å². The normalized spacial score (nSPS) is 12.1. The van der Waals surface area contributed by atoms with Gasteiger partial charge >= 0.3 is 0 Å². The maximum Gasteiger partial charge on any atom is 0.231 e. The van der Waals surface area contributed by atoms with Crippen molar-refractivity contribution < 1.29 is 14.3 Å². The fourth-order valence-electron chi connectivity index (χ4n) is 3.91. The van der Waals surface area contributed by atoms with Crippen molar-refractivity contribution in [2.75, 3.05) is 12.5 Å².